The molecule has 1 aliphatic carbocycles. The van der Waals surface area contributed by atoms with Gasteiger partial charge in [-0.2, -0.15) is 0 Å². The fourth-order valence-corrected chi connectivity index (χ4v) is 3.25. The van der Waals surface area contributed by atoms with E-state index in [4.69, 9.17) is 0 Å². The Hall–Kier alpha value is -2.10. The molecule has 0 aliphatic heterocycles. The predicted octanol–water partition coefficient (Wildman–Crippen LogP) is 2.75. The first-order valence-electron chi connectivity index (χ1n) is 8.10. The van der Waals surface area contributed by atoms with Crippen LogP contribution in [0.4, 0.5) is 0 Å². The van der Waals surface area contributed by atoms with E-state index in [1.54, 1.807) is 17.0 Å². The summed E-state index contributed by atoms with van der Waals surface area (Å²) in [6.45, 7) is 2.74. The topological polar surface area (TPSA) is 44.0 Å². The van der Waals surface area contributed by atoms with Crippen LogP contribution in [0.15, 0.2) is 46.2 Å². The fourth-order valence-electron chi connectivity index (χ4n) is 3.25. The van der Waals surface area contributed by atoms with Crippen molar-refractivity contribution in [3.05, 3.63) is 62.9 Å². The minimum Gasteiger partial charge on any atom is -0.309 e. The number of hydrogen-bond acceptors (Lipinski definition) is 2. The standard InChI is InChI=1S/C18H22N2O2/c1-2-14-8-5-9-16(12-14)20-11-10-19(17(21)18(20)22)13-15-6-3-4-7-15/h5,8-12,15H,2-4,6-7,13H2,1H3. The number of aryl methyl sites for hydroxylation is 1. The van der Waals surface area contributed by atoms with Crippen LogP contribution in [0, 0.1) is 5.92 Å². The minimum atomic E-state index is -0.464. The van der Waals surface area contributed by atoms with E-state index in [-0.39, 0.29) is 0 Å². The van der Waals surface area contributed by atoms with Gasteiger partial charge in [0.25, 0.3) is 0 Å². The number of aromatic nitrogens is 2. The Bertz CT molecular complexity index is 767. The van der Waals surface area contributed by atoms with Crippen molar-refractivity contribution in [2.45, 2.75) is 45.6 Å². The Kier molecular flexibility index (Phi) is 4.27. The SMILES string of the molecule is CCc1cccc(-n2ccn(CC3CCCC3)c(=O)c2=O)c1. The Labute approximate surface area is 130 Å². The lowest BCUT2D eigenvalue weighted by Gasteiger charge is -2.13. The van der Waals surface area contributed by atoms with Crippen molar-refractivity contribution >= 4 is 0 Å². The molecule has 0 bridgehead atoms. The highest BCUT2D eigenvalue weighted by molar-refractivity contribution is 5.35. The van der Waals surface area contributed by atoms with Gasteiger partial charge in [-0.15, -0.1) is 0 Å². The number of hydrogen-bond donors (Lipinski definition) is 0. The number of nitrogens with zero attached hydrogens (tertiary/aromatic N) is 2. The molecule has 0 atom stereocenters. The summed E-state index contributed by atoms with van der Waals surface area (Å²) in [5.41, 5.74) is 1.03. The summed E-state index contributed by atoms with van der Waals surface area (Å²) in [4.78, 5) is 24.7. The molecule has 0 spiro atoms. The van der Waals surface area contributed by atoms with E-state index in [2.05, 4.69) is 6.92 Å². The van der Waals surface area contributed by atoms with Gasteiger partial charge in [0.05, 0.1) is 0 Å². The number of rotatable bonds is 4. The average molecular weight is 298 g/mol. The van der Waals surface area contributed by atoms with Gasteiger partial charge >= 0.3 is 11.1 Å². The van der Waals surface area contributed by atoms with E-state index in [9.17, 15) is 9.59 Å². The second-order valence-electron chi connectivity index (χ2n) is 6.10. The summed E-state index contributed by atoms with van der Waals surface area (Å²) in [7, 11) is 0. The monoisotopic (exact) mass is 298 g/mol. The zero-order valence-corrected chi connectivity index (χ0v) is 13.0. The molecule has 0 radical (unpaired) electrons. The third kappa shape index (κ3) is 2.91. The first-order chi connectivity index (χ1) is 10.7. The van der Waals surface area contributed by atoms with Crippen LogP contribution in [0.3, 0.4) is 0 Å². The smallest absolute Gasteiger partial charge is 0.309 e. The van der Waals surface area contributed by atoms with Crippen molar-refractivity contribution < 1.29 is 0 Å². The average Bonchev–Trinajstić information content (AvgIpc) is 3.05. The quantitative estimate of drug-likeness (QED) is 0.815. The summed E-state index contributed by atoms with van der Waals surface area (Å²) in [5.74, 6) is 0.538. The summed E-state index contributed by atoms with van der Waals surface area (Å²) in [5, 5.41) is 0. The highest BCUT2D eigenvalue weighted by Gasteiger charge is 2.17. The van der Waals surface area contributed by atoms with E-state index >= 15 is 0 Å². The summed E-state index contributed by atoms with van der Waals surface area (Å²) >= 11 is 0. The molecule has 0 N–H and O–H groups in total. The third-order valence-electron chi connectivity index (χ3n) is 4.58. The maximum Gasteiger partial charge on any atom is 0.320 e. The second-order valence-corrected chi connectivity index (χ2v) is 6.10. The van der Waals surface area contributed by atoms with Crippen LogP contribution in [0.5, 0.6) is 0 Å². The summed E-state index contributed by atoms with van der Waals surface area (Å²) < 4.78 is 3.03. The molecular weight excluding hydrogens is 276 g/mol. The molecule has 0 saturated heterocycles. The molecule has 1 aliphatic rings. The molecule has 1 fully saturated rings. The Morgan fingerprint density at radius 3 is 2.59 bits per heavy atom. The Morgan fingerprint density at radius 1 is 1.09 bits per heavy atom. The minimum absolute atomic E-state index is 0.420. The van der Waals surface area contributed by atoms with Crippen molar-refractivity contribution in [3.8, 4) is 5.69 Å². The van der Waals surface area contributed by atoms with E-state index in [0.29, 0.717) is 12.5 Å². The third-order valence-corrected chi connectivity index (χ3v) is 4.58. The largest absolute Gasteiger partial charge is 0.320 e. The molecule has 1 aromatic heterocycles. The first-order valence-corrected chi connectivity index (χ1v) is 8.10. The molecule has 116 valence electrons. The highest BCUT2D eigenvalue weighted by atomic mass is 16.2. The molecule has 0 amide bonds. The summed E-state index contributed by atoms with van der Waals surface area (Å²) in [6, 6.07) is 7.77. The first kappa shape index (κ1) is 14.8. The van der Waals surface area contributed by atoms with Crippen molar-refractivity contribution in [3.63, 3.8) is 0 Å². The van der Waals surface area contributed by atoms with Crippen LogP contribution in [0.2, 0.25) is 0 Å². The Balaban J connectivity index is 1.95. The zero-order chi connectivity index (χ0) is 15.5. The van der Waals surface area contributed by atoms with Crippen LogP contribution in [0.1, 0.15) is 38.2 Å². The van der Waals surface area contributed by atoms with Crippen LogP contribution >= 0.6 is 0 Å². The van der Waals surface area contributed by atoms with Crippen LogP contribution in [-0.4, -0.2) is 9.13 Å². The van der Waals surface area contributed by atoms with Gasteiger partial charge in [-0.3, -0.25) is 14.2 Å². The maximum absolute atomic E-state index is 12.4. The van der Waals surface area contributed by atoms with Gasteiger partial charge in [-0.25, -0.2) is 0 Å². The van der Waals surface area contributed by atoms with Gasteiger partial charge in [0.2, 0.25) is 0 Å². The van der Waals surface area contributed by atoms with Gasteiger partial charge in [-0.1, -0.05) is 31.9 Å². The molecule has 1 saturated carbocycles. The molecular formula is C18H22N2O2. The zero-order valence-electron chi connectivity index (χ0n) is 13.0. The molecule has 2 aromatic rings. The van der Waals surface area contributed by atoms with E-state index in [0.717, 1.165) is 30.5 Å². The van der Waals surface area contributed by atoms with Gasteiger partial charge in [0, 0.05) is 24.6 Å². The normalized spacial score (nSPS) is 15.3. The van der Waals surface area contributed by atoms with E-state index in [1.165, 1.54) is 17.4 Å². The Morgan fingerprint density at radius 2 is 1.86 bits per heavy atom. The summed E-state index contributed by atoms with van der Waals surface area (Å²) in [6.07, 6.45) is 9.16. The molecule has 22 heavy (non-hydrogen) atoms. The van der Waals surface area contributed by atoms with Crippen LogP contribution in [-0.2, 0) is 13.0 Å². The van der Waals surface area contributed by atoms with E-state index < -0.39 is 11.1 Å². The maximum atomic E-state index is 12.4. The molecule has 4 heteroatoms. The molecule has 4 nitrogen and oxygen atoms in total. The van der Waals surface area contributed by atoms with Gasteiger partial charge in [0.1, 0.15) is 0 Å². The van der Waals surface area contributed by atoms with Crippen molar-refractivity contribution in [2.24, 2.45) is 5.92 Å². The lowest BCUT2D eigenvalue weighted by atomic mass is 10.1. The molecule has 1 heterocycles. The van der Waals surface area contributed by atoms with Gasteiger partial charge in [0.15, 0.2) is 0 Å². The lowest BCUT2D eigenvalue weighted by molar-refractivity contribution is 0.445. The highest BCUT2D eigenvalue weighted by Crippen LogP contribution is 2.25. The van der Waals surface area contributed by atoms with Crippen molar-refractivity contribution in [1.29, 1.82) is 0 Å². The van der Waals surface area contributed by atoms with Gasteiger partial charge in [-0.05, 0) is 42.9 Å². The number of benzene rings is 1. The van der Waals surface area contributed by atoms with Crippen molar-refractivity contribution in [1.82, 2.24) is 9.13 Å². The van der Waals surface area contributed by atoms with E-state index in [1.807, 2.05) is 24.3 Å². The second kappa shape index (κ2) is 6.34. The molecule has 3 rings (SSSR count). The van der Waals surface area contributed by atoms with Crippen LogP contribution in [0.25, 0.3) is 5.69 Å². The van der Waals surface area contributed by atoms with Crippen molar-refractivity contribution in [2.75, 3.05) is 0 Å². The molecule has 1 aromatic carbocycles. The lowest BCUT2D eigenvalue weighted by Crippen LogP contribution is -2.40. The predicted molar refractivity (Wildman–Crippen MR) is 87.6 cm³/mol. The van der Waals surface area contributed by atoms with Gasteiger partial charge < -0.3 is 4.57 Å². The molecule has 0 unspecified atom stereocenters. The fraction of sp³-hybridized carbons (Fsp3) is 0.444. The van der Waals surface area contributed by atoms with Crippen LogP contribution < -0.4 is 11.1 Å².